The first-order valence-corrected chi connectivity index (χ1v) is 8.76. The van der Waals surface area contributed by atoms with Crippen molar-refractivity contribution in [2.24, 2.45) is 0 Å². The molecule has 0 spiro atoms. The molecule has 1 aliphatic heterocycles. The summed E-state index contributed by atoms with van der Waals surface area (Å²) in [6.45, 7) is 0.885. The van der Waals surface area contributed by atoms with Crippen molar-refractivity contribution < 1.29 is 9.53 Å². The second-order valence-corrected chi connectivity index (χ2v) is 6.57. The molecule has 0 unspecified atom stereocenters. The smallest absolute Gasteiger partial charge is 0.261 e. The van der Waals surface area contributed by atoms with E-state index in [9.17, 15) is 4.79 Å². The lowest BCUT2D eigenvalue weighted by molar-refractivity contribution is -0.134. The van der Waals surface area contributed by atoms with Crippen LogP contribution in [0.15, 0.2) is 42.6 Å². The average Bonchev–Trinajstić information content (AvgIpc) is 3.29. The molecule has 4 heteroatoms. The van der Waals surface area contributed by atoms with Crippen molar-refractivity contribution >= 4 is 5.91 Å². The van der Waals surface area contributed by atoms with Gasteiger partial charge in [0.05, 0.1) is 11.7 Å². The summed E-state index contributed by atoms with van der Waals surface area (Å²) >= 11 is 0. The number of fused-ring (bicyclic) bond motifs is 1. The van der Waals surface area contributed by atoms with Crippen LogP contribution in [0.25, 0.3) is 0 Å². The van der Waals surface area contributed by atoms with Gasteiger partial charge in [0.15, 0.2) is 6.61 Å². The van der Waals surface area contributed by atoms with Gasteiger partial charge in [-0.1, -0.05) is 12.1 Å². The highest BCUT2D eigenvalue weighted by Crippen LogP contribution is 2.31. The number of carbonyl (C=O) groups excluding carboxylic acids is 1. The zero-order valence-electron chi connectivity index (χ0n) is 13.8. The lowest BCUT2D eigenvalue weighted by atomic mass is 10.1. The summed E-state index contributed by atoms with van der Waals surface area (Å²) in [5.74, 6) is 0.848. The van der Waals surface area contributed by atoms with Crippen molar-refractivity contribution in [3.8, 4) is 5.75 Å². The minimum atomic E-state index is 0.0450. The molecule has 1 atom stereocenters. The maximum Gasteiger partial charge on any atom is 0.261 e. The molecule has 2 aliphatic rings. The molecular formula is C20H22N2O2. The van der Waals surface area contributed by atoms with Gasteiger partial charge in [0.2, 0.25) is 0 Å². The van der Waals surface area contributed by atoms with Gasteiger partial charge in [0.25, 0.3) is 5.91 Å². The first-order valence-electron chi connectivity index (χ1n) is 8.76. The van der Waals surface area contributed by atoms with E-state index in [4.69, 9.17) is 4.74 Å². The Kier molecular flexibility index (Phi) is 4.20. The van der Waals surface area contributed by atoms with Crippen molar-refractivity contribution in [1.29, 1.82) is 0 Å². The van der Waals surface area contributed by atoms with Gasteiger partial charge in [-0.3, -0.25) is 9.78 Å². The lowest BCUT2D eigenvalue weighted by Gasteiger charge is -2.24. The maximum atomic E-state index is 12.6. The van der Waals surface area contributed by atoms with Crippen LogP contribution in [0.4, 0.5) is 0 Å². The Hall–Kier alpha value is -2.36. The summed E-state index contributed by atoms with van der Waals surface area (Å²) in [5, 5.41) is 0. The summed E-state index contributed by atoms with van der Waals surface area (Å²) in [6.07, 6.45) is 7.28. The van der Waals surface area contributed by atoms with Crippen LogP contribution >= 0.6 is 0 Å². The quantitative estimate of drug-likeness (QED) is 0.867. The first kappa shape index (κ1) is 15.2. The number of ether oxygens (including phenoxy) is 1. The Morgan fingerprint density at radius 2 is 2.08 bits per heavy atom. The van der Waals surface area contributed by atoms with Gasteiger partial charge in [-0.05, 0) is 67.5 Å². The summed E-state index contributed by atoms with van der Waals surface area (Å²) in [5.41, 5.74) is 3.76. The van der Waals surface area contributed by atoms with Crippen LogP contribution < -0.4 is 4.74 Å². The fraction of sp³-hybridized carbons (Fsp3) is 0.400. The number of likely N-dealkylation sites (tertiary alicyclic amines) is 1. The van der Waals surface area contributed by atoms with E-state index in [1.54, 1.807) is 6.20 Å². The van der Waals surface area contributed by atoms with E-state index in [0.29, 0.717) is 0 Å². The number of amides is 1. The number of pyridine rings is 1. The highest BCUT2D eigenvalue weighted by molar-refractivity contribution is 5.78. The molecule has 0 bridgehead atoms. The van der Waals surface area contributed by atoms with E-state index in [-0.39, 0.29) is 18.6 Å². The molecule has 1 aromatic carbocycles. The largest absolute Gasteiger partial charge is 0.484 e. The number of hydrogen-bond donors (Lipinski definition) is 0. The summed E-state index contributed by atoms with van der Waals surface area (Å²) in [4.78, 5) is 18.9. The number of nitrogens with zero attached hydrogens (tertiary/aromatic N) is 2. The topological polar surface area (TPSA) is 42.4 Å². The second-order valence-electron chi connectivity index (χ2n) is 6.57. The Labute approximate surface area is 142 Å². The minimum absolute atomic E-state index is 0.0450. The minimum Gasteiger partial charge on any atom is -0.484 e. The predicted molar refractivity (Wildman–Crippen MR) is 91.9 cm³/mol. The maximum absolute atomic E-state index is 12.6. The van der Waals surface area contributed by atoms with Crippen molar-refractivity contribution in [1.82, 2.24) is 9.88 Å². The number of rotatable bonds is 4. The second kappa shape index (κ2) is 6.63. The van der Waals surface area contributed by atoms with E-state index in [0.717, 1.165) is 43.7 Å². The molecule has 0 N–H and O–H groups in total. The van der Waals surface area contributed by atoms with E-state index >= 15 is 0 Å². The standard InChI is InChI=1S/C20H22N2O2/c23-20(14-24-17-10-9-15-5-3-6-16(15)13-17)22-12-4-8-19(22)18-7-1-2-11-21-18/h1-2,7,9-11,13,19H,3-6,8,12,14H2/t19-/m1/s1. The first-order chi connectivity index (χ1) is 11.8. The SMILES string of the molecule is O=C(COc1ccc2c(c1)CCC2)N1CCC[C@@H]1c1ccccn1. The molecule has 24 heavy (non-hydrogen) atoms. The van der Waals surface area contributed by atoms with E-state index in [1.807, 2.05) is 29.2 Å². The Balaban J connectivity index is 1.40. The third-order valence-electron chi connectivity index (χ3n) is 5.03. The fourth-order valence-electron chi connectivity index (χ4n) is 3.81. The normalized spacial score (nSPS) is 19.3. The number of aryl methyl sites for hydroxylation is 2. The lowest BCUT2D eigenvalue weighted by Crippen LogP contribution is -2.34. The Morgan fingerprint density at radius 1 is 1.17 bits per heavy atom. The highest BCUT2D eigenvalue weighted by atomic mass is 16.5. The third kappa shape index (κ3) is 3.01. The van der Waals surface area contributed by atoms with E-state index in [2.05, 4.69) is 17.1 Å². The van der Waals surface area contributed by atoms with Crippen LogP contribution in [0.5, 0.6) is 5.75 Å². The summed E-state index contributed by atoms with van der Waals surface area (Å²) in [6, 6.07) is 12.2. The van der Waals surface area contributed by atoms with Crippen molar-refractivity contribution in [2.75, 3.05) is 13.2 Å². The molecule has 1 aliphatic carbocycles. The van der Waals surface area contributed by atoms with Crippen molar-refractivity contribution in [3.05, 3.63) is 59.4 Å². The molecule has 1 amide bonds. The van der Waals surface area contributed by atoms with E-state index < -0.39 is 0 Å². The fourth-order valence-corrected chi connectivity index (χ4v) is 3.81. The van der Waals surface area contributed by atoms with Crippen LogP contribution in [0.3, 0.4) is 0 Å². The van der Waals surface area contributed by atoms with Crippen molar-refractivity contribution in [3.63, 3.8) is 0 Å². The number of aromatic nitrogens is 1. The monoisotopic (exact) mass is 322 g/mol. The average molecular weight is 322 g/mol. The molecule has 2 heterocycles. The molecule has 124 valence electrons. The van der Waals surface area contributed by atoms with Gasteiger partial charge in [0.1, 0.15) is 5.75 Å². The molecule has 0 radical (unpaired) electrons. The zero-order valence-corrected chi connectivity index (χ0v) is 13.8. The predicted octanol–water partition coefficient (Wildman–Crippen LogP) is 3.31. The summed E-state index contributed by atoms with van der Waals surface area (Å²) in [7, 11) is 0. The van der Waals surface area contributed by atoms with Crippen LogP contribution in [0.2, 0.25) is 0 Å². The van der Waals surface area contributed by atoms with Crippen LogP contribution in [0, 0.1) is 0 Å². The van der Waals surface area contributed by atoms with Crippen molar-refractivity contribution in [2.45, 2.75) is 38.1 Å². The molecule has 1 fully saturated rings. The van der Waals surface area contributed by atoms with Gasteiger partial charge in [-0.15, -0.1) is 0 Å². The number of hydrogen-bond acceptors (Lipinski definition) is 3. The van der Waals surface area contributed by atoms with Gasteiger partial charge in [0, 0.05) is 12.7 Å². The van der Waals surface area contributed by atoms with Gasteiger partial charge in [-0.25, -0.2) is 0 Å². The van der Waals surface area contributed by atoms with Crippen LogP contribution in [-0.4, -0.2) is 28.9 Å². The van der Waals surface area contributed by atoms with E-state index in [1.165, 1.54) is 17.5 Å². The van der Waals surface area contributed by atoms with Crippen LogP contribution in [-0.2, 0) is 17.6 Å². The van der Waals surface area contributed by atoms with Gasteiger partial charge in [-0.2, -0.15) is 0 Å². The third-order valence-corrected chi connectivity index (χ3v) is 5.03. The zero-order chi connectivity index (χ0) is 16.4. The van der Waals surface area contributed by atoms with Gasteiger partial charge >= 0.3 is 0 Å². The molecule has 1 aromatic heterocycles. The molecule has 4 rings (SSSR count). The molecule has 1 saturated heterocycles. The highest BCUT2D eigenvalue weighted by Gasteiger charge is 2.30. The summed E-state index contributed by atoms with van der Waals surface area (Å²) < 4.78 is 5.78. The molecular weight excluding hydrogens is 300 g/mol. The van der Waals surface area contributed by atoms with Crippen LogP contribution in [0.1, 0.15) is 42.1 Å². The Morgan fingerprint density at radius 3 is 2.96 bits per heavy atom. The Bertz CT molecular complexity index is 730. The number of carbonyl (C=O) groups is 1. The molecule has 2 aromatic rings. The molecule has 4 nitrogen and oxygen atoms in total. The van der Waals surface area contributed by atoms with Gasteiger partial charge < -0.3 is 9.64 Å². The number of benzene rings is 1. The molecule has 0 saturated carbocycles.